The van der Waals surface area contributed by atoms with Gasteiger partial charge in [-0.3, -0.25) is 0 Å². The third-order valence-corrected chi connectivity index (χ3v) is 4.71. The smallest absolute Gasteiger partial charge is 0.315 e. The normalized spacial score (nSPS) is 17.8. The largest absolute Gasteiger partial charge is 0.394 e. The first-order chi connectivity index (χ1) is 11.5. The molecule has 2 atom stereocenters. The van der Waals surface area contributed by atoms with Crippen molar-refractivity contribution in [2.75, 3.05) is 6.61 Å². The highest BCUT2D eigenvalue weighted by Gasteiger charge is 2.42. The highest BCUT2D eigenvalue weighted by Crippen LogP contribution is 2.39. The number of hydrogen-bond donors (Lipinski definition) is 3. The van der Waals surface area contributed by atoms with E-state index in [1.54, 1.807) is 10.9 Å². The fraction of sp³-hybridized carbons (Fsp3) is 0.444. The van der Waals surface area contributed by atoms with Crippen molar-refractivity contribution in [2.45, 2.75) is 38.3 Å². The van der Waals surface area contributed by atoms with Crippen LogP contribution in [-0.2, 0) is 0 Å². The van der Waals surface area contributed by atoms with E-state index >= 15 is 0 Å². The lowest BCUT2D eigenvalue weighted by Crippen LogP contribution is -2.54. The minimum atomic E-state index is -0.550. The van der Waals surface area contributed by atoms with Crippen molar-refractivity contribution in [2.24, 2.45) is 5.92 Å². The average Bonchev–Trinajstić information content (AvgIpc) is 3.30. The van der Waals surface area contributed by atoms with E-state index in [1.807, 2.05) is 50.4 Å². The van der Waals surface area contributed by atoms with Gasteiger partial charge >= 0.3 is 6.03 Å². The Kier molecular flexibility index (Phi) is 4.57. The third-order valence-electron chi connectivity index (χ3n) is 4.71. The molecule has 0 aliphatic heterocycles. The molecule has 1 heterocycles. The Morgan fingerprint density at radius 3 is 2.79 bits per heavy atom. The molecular weight excluding hydrogens is 304 g/mol. The molecule has 2 amide bonds. The highest BCUT2D eigenvalue weighted by molar-refractivity contribution is 5.75. The number of benzene rings is 1. The standard InChI is InChI=1S/C18H24N4O2/c1-13(20-17(24)21-18(2,12-23)14-8-9-14)15-6-3-4-7-16(15)22-11-5-10-19-22/h3-7,10-11,13-14,23H,8-9,12H2,1-2H3,(H2,20,21,24). The van der Waals surface area contributed by atoms with E-state index in [2.05, 4.69) is 15.7 Å². The van der Waals surface area contributed by atoms with Crippen molar-refractivity contribution < 1.29 is 9.90 Å². The molecule has 24 heavy (non-hydrogen) atoms. The van der Waals surface area contributed by atoms with Gasteiger partial charge in [-0.05, 0) is 50.3 Å². The van der Waals surface area contributed by atoms with Gasteiger partial charge in [-0.2, -0.15) is 5.10 Å². The Bertz CT molecular complexity index is 697. The molecule has 1 aromatic heterocycles. The molecular formula is C18H24N4O2. The first kappa shape index (κ1) is 16.5. The first-order valence-electron chi connectivity index (χ1n) is 8.32. The van der Waals surface area contributed by atoms with Gasteiger partial charge in [0.15, 0.2) is 0 Å². The van der Waals surface area contributed by atoms with Crippen molar-refractivity contribution >= 4 is 6.03 Å². The van der Waals surface area contributed by atoms with E-state index < -0.39 is 5.54 Å². The van der Waals surface area contributed by atoms with Crippen LogP contribution in [0.5, 0.6) is 0 Å². The summed E-state index contributed by atoms with van der Waals surface area (Å²) in [6.07, 6.45) is 5.70. The van der Waals surface area contributed by atoms with Crippen molar-refractivity contribution in [1.82, 2.24) is 20.4 Å². The van der Waals surface area contributed by atoms with Crippen LogP contribution in [-0.4, -0.2) is 33.1 Å². The number of nitrogens with one attached hydrogen (secondary N) is 2. The molecule has 1 aromatic carbocycles. The van der Waals surface area contributed by atoms with E-state index in [0.29, 0.717) is 5.92 Å². The van der Waals surface area contributed by atoms with E-state index in [0.717, 1.165) is 24.1 Å². The Labute approximate surface area is 141 Å². The molecule has 128 valence electrons. The molecule has 3 rings (SSSR count). The van der Waals surface area contributed by atoms with Gasteiger partial charge in [-0.1, -0.05) is 18.2 Å². The number of rotatable bonds is 6. The summed E-state index contributed by atoms with van der Waals surface area (Å²) in [4.78, 5) is 12.4. The molecule has 1 fully saturated rings. The van der Waals surface area contributed by atoms with Crippen molar-refractivity contribution in [1.29, 1.82) is 0 Å². The molecule has 6 heteroatoms. The lowest BCUT2D eigenvalue weighted by atomic mass is 9.97. The Morgan fingerprint density at radius 2 is 2.17 bits per heavy atom. The average molecular weight is 328 g/mol. The molecule has 2 aromatic rings. The van der Waals surface area contributed by atoms with Gasteiger partial charge in [0.2, 0.25) is 0 Å². The summed E-state index contributed by atoms with van der Waals surface area (Å²) in [6.45, 7) is 3.78. The van der Waals surface area contributed by atoms with Gasteiger partial charge in [-0.25, -0.2) is 9.48 Å². The second-order valence-electron chi connectivity index (χ2n) is 6.68. The van der Waals surface area contributed by atoms with E-state index in [1.165, 1.54) is 0 Å². The number of carbonyl (C=O) groups excluding carboxylic acids is 1. The summed E-state index contributed by atoms with van der Waals surface area (Å²) in [5.74, 6) is 0.361. The maximum Gasteiger partial charge on any atom is 0.315 e. The number of carbonyl (C=O) groups is 1. The molecule has 3 N–H and O–H groups in total. The zero-order chi connectivity index (χ0) is 17.2. The zero-order valence-electron chi connectivity index (χ0n) is 14.1. The minimum absolute atomic E-state index is 0.0522. The molecule has 0 spiro atoms. The van der Waals surface area contributed by atoms with Crippen molar-refractivity contribution in [3.63, 3.8) is 0 Å². The van der Waals surface area contributed by atoms with Crippen LogP contribution in [0, 0.1) is 5.92 Å². The summed E-state index contributed by atoms with van der Waals surface area (Å²) in [5, 5.41) is 19.8. The fourth-order valence-electron chi connectivity index (χ4n) is 3.03. The second kappa shape index (κ2) is 6.65. The summed E-state index contributed by atoms with van der Waals surface area (Å²) < 4.78 is 1.79. The van der Waals surface area contributed by atoms with Crippen LogP contribution in [0.25, 0.3) is 5.69 Å². The van der Waals surface area contributed by atoms with Gasteiger partial charge in [0.1, 0.15) is 0 Å². The molecule has 6 nitrogen and oxygen atoms in total. The summed E-state index contributed by atoms with van der Waals surface area (Å²) in [6, 6.07) is 9.26. The molecule has 0 radical (unpaired) electrons. The number of aliphatic hydroxyl groups is 1. The van der Waals surface area contributed by atoms with Crippen LogP contribution < -0.4 is 10.6 Å². The van der Waals surface area contributed by atoms with Crippen LogP contribution in [0.4, 0.5) is 4.79 Å². The van der Waals surface area contributed by atoms with E-state index in [-0.39, 0.29) is 18.7 Å². The summed E-state index contributed by atoms with van der Waals surface area (Å²) >= 11 is 0. The number of urea groups is 1. The van der Waals surface area contributed by atoms with Crippen LogP contribution in [0.3, 0.4) is 0 Å². The molecule has 1 aliphatic carbocycles. The van der Waals surface area contributed by atoms with Gasteiger partial charge < -0.3 is 15.7 Å². The van der Waals surface area contributed by atoms with Crippen LogP contribution in [0.2, 0.25) is 0 Å². The maximum absolute atomic E-state index is 12.4. The second-order valence-corrected chi connectivity index (χ2v) is 6.68. The number of amides is 2. The fourth-order valence-corrected chi connectivity index (χ4v) is 3.03. The molecule has 1 aliphatic rings. The topological polar surface area (TPSA) is 79.2 Å². The van der Waals surface area contributed by atoms with E-state index in [9.17, 15) is 9.90 Å². The molecule has 0 bridgehead atoms. The lowest BCUT2D eigenvalue weighted by Gasteiger charge is -2.30. The molecule has 0 saturated heterocycles. The van der Waals surface area contributed by atoms with Gasteiger partial charge in [0.05, 0.1) is 23.9 Å². The van der Waals surface area contributed by atoms with E-state index in [4.69, 9.17) is 0 Å². The minimum Gasteiger partial charge on any atom is -0.394 e. The summed E-state index contributed by atoms with van der Waals surface area (Å²) in [7, 11) is 0. The number of para-hydroxylation sites is 1. The predicted octanol–water partition coefficient (Wildman–Crippen LogP) is 2.39. The van der Waals surface area contributed by atoms with Gasteiger partial charge in [0, 0.05) is 12.4 Å². The third kappa shape index (κ3) is 3.43. The van der Waals surface area contributed by atoms with Gasteiger partial charge in [0.25, 0.3) is 0 Å². The Morgan fingerprint density at radius 1 is 1.42 bits per heavy atom. The first-order valence-corrected chi connectivity index (χ1v) is 8.32. The van der Waals surface area contributed by atoms with Crippen LogP contribution >= 0.6 is 0 Å². The highest BCUT2D eigenvalue weighted by atomic mass is 16.3. The Balaban J connectivity index is 1.71. The zero-order valence-corrected chi connectivity index (χ0v) is 14.1. The number of hydrogen-bond acceptors (Lipinski definition) is 3. The van der Waals surface area contributed by atoms with Gasteiger partial charge in [-0.15, -0.1) is 0 Å². The lowest BCUT2D eigenvalue weighted by molar-refractivity contribution is 0.154. The SMILES string of the molecule is CC(NC(=O)NC(C)(CO)C1CC1)c1ccccc1-n1cccn1. The van der Waals surface area contributed by atoms with Crippen molar-refractivity contribution in [3.05, 3.63) is 48.3 Å². The van der Waals surface area contributed by atoms with Crippen LogP contribution in [0.1, 0.15) is 38.3 Å². The monoisotopic (exact) mass is 328 g/mol. The van der Waals surface area contributed by atoms with Crippen LogP contribution in [0.15, 0.2) is 42.7 Å². The molecule has 1 saturated carbocycles. The summed E-state index contributed by atoms with van der Waals surface area (Å²) in [5.41, 5.74) is 1.36. The van der Waals surface area contributed by atoms with Crippen molar-refractivity contribution in [3.8, 4) is 5.69 Å². The maximum atomic E-state index is 12.4. The predicted molar refractivity (Wildman–Crippen MR) is 91.9 cm³/mol. The number of aromatic nitrogens is 2. The quantitative estimate of drug-likeness (QED) is 0.762. The number of nitrogens with zero attached hydrogens (tertiary/aromatic N) is 2. The number of aliphatic hydroxyl groups excluding tert-OH is 1. The Hall–Kier alpha value is -2.34. The molecule has 2 unspecified atom stereocenters.